The Labute approximate surface area is 111 Å². The Morgan fingerprint density at radius 3 is 3.06 bits per heavy atom. The molecule has 0 aromatic carbocycles. The number of hydrogen-bond donors (Lipinski definition) is 0. The van der Waals surface area contributed by atoms with E-state index in [9.17, 15) is 0 Å². The highest BCUT2D eigenvalue weighted by molar-refractivity contribution is 9.10. The Morgan fingerprint density at radius 2 is 2.38 bits per heavy atom. The summed E-state index contributed by atoms with van der Waals surface area (Å²) in [7, 11) is 0. The van der Waals surface area contributed by atoms with Crippen molar-refractivity contribution in [2.45, 2.75) is 51.6 Å². The van der Waals surface area contributed by atoms with Gasteiger partial charge in [0.05, 0.1) is 0 Å². The van der Waals surface area contributed by atoms with Gasteiger partial charge in [0, 0.05) is 27.3 Å². The zero-order valence-corrected chi connectivity index (χ0v) is 12.3. The van der Waals surface area contributed by atoms with Crippen molar-refractivity contribution in [3.05, 3.63) is 20.8 Å². The maximum absolute atomic E-state index is 3.53. The molecule has 3 heteroatoms. The van der Waals surface area contributed by atoms with Gasteiger partial charge in [-0.25, -0.2) is 0 Å². The molecule has 1 unspecified atom stereocenters. The van der Waals surface area contributed by atoms with E-state index in [1.54, 1.807) is 0 Å². The molecular weight excluding hydrogens is 282 g/mol. The van der Waals surface area contributed by atoms with Gasteiger partial charge < -0.3 is 0 Å². The van der Waals surface area contributed by atoms with Crippen molar-refractivity contribution in [3.8, 4) is 0 Å². The molecule has 1 aliphatic rings. The van der Waals surface area contributed by atoms with Gasteiger partial charge >= 0.3 is 0 Å². The minimum Gasteiger partial charge on any atom is -0.295 e. The van der Waals surface area contributed by atoms with Crippen molar-refractivity contribution in [3.63, 3.8) is 0 Å². The summed E-state index contributed by atoms with van der Waals surface area (Å²) >= 11 is 5.41. The second-order valence-corrected chi connectivity index (χ2v) is 6.55. The van der Waals surface area contributed by atoms with Gasteiger partial charge in [0.15, 0.2) is 0 Å². The minimum absolute atomic E-state index is 0.833. The lowest BCUT2D eigenvalue weighted by molar-refractivity contribution is 0.133. The third-order valence-electron chi connectivity index (χ3n) is 3.35. The topological polar surface area (TPSA) is 3.24 Å². The van der Waals surface area contributed by atoms with E-state index in [1.165, 1.54) is 48.0 Å². The molecule has 1 nitrogen and oxygen atoms in total. The first-order valence-corrected chi connectivity index (χ1v) is 7.94. The summed E-state index contributed by atoms with van der Waals surface area (Å²) in [5, 5.41) is 2.19. The van der Waals surface area contributed by atoms with Crippen molar-refractivity contribution in [2.24, 2.45) is 0 Å². The number of halogens is 1. The fourth-order valence-electron chi connectivity index (χ4n) is 2.57. The first kappa shape index (κ1) is 12.6. The molecule has 1 saturated heterocycles. The summed E-state index contributed by atoms with van der Waals surface area (Å²) in [4.78, 5) is 4.18. The third kappa shape index (κ3) is 3.31. The molecule has 2 heterocycles. The normalized spacial score (nSPS) is 22.5. The molecule has 0 spiro atoms. The predicted molar refractivity (Wildman–Crippen MR) is 75.0 cm³/mol. The van der Waals surface area contributed by atoms with Gasteiger partial charge in [-0.1, -0.05) is 19.8 Å². The quantitative estimate of drug-likeness (QED) is 0.781. The maximum atomic E-state index is 3.53. The molecular formula is C13H20BrNS. The van der Waals surface area contributed by atoms with Crippen molar-refractivity contribution in [2.75, 3.05) is 6.54 Å². The van der Waals surface area contributed by atoms with E-state index in [2.05, 4.69) is 39.2 Å². The van der Waals surface area contributed by atoms with Crippen LogP contribution in [0.15, 0.2) is 15.9 Å². The van der Waals surface area contributed by atoms with Gasteiger partial charge in [0.25, 0.3) is 0 Å². The third-order valence-corrected chi connectivity index (χ3v) is 5.03. The number of thiophene rings is 1. The van der Waals surface area contributed by atoms with E-state index >= 15 is 0 Å². The van der Waals surface area contributed by atoms with Crippen LogP contribution in [0.2, 0.25) is 0 Å². The van der Waals surface area contributed by atoms with Crippen LogP contribution in [0, 0.1) is 0 Å². The number of hydrogen-bond acceptors (Lipinski definition) is 2. The van der Waals surface area contributed by atoms with Crippen LogP contribution in [0.4, 0.5) is 0 Å². The van der Waals surface area contributed by atoms with E-state index in [0.717, 1.165) is 12.6 Å². The van der Waals surface area contributed by atoms with Crippen LogP contribution in [0.5, 0.6) is 0 Å². The van der Waals surface area contributed by atoms with Gasteiger partial charge in [0.2, 0.25) is 0 Å². The fraction of sp³-hybridized carbons (Fsp3) is 0.692. The van der Waals surface area contributed by atoms with Crippen molar-refractivity contribution < 1.29 is 0 Å². The van der Waals surface area contributed by atoms with Gasteiger partial charge in [-0.15, -0.1) is 11.3 Å². The number of likely N-dealkylation sites (tertiary alicyclic amines) is 1. The maximum Gasteiger partial charge on any atom is 0.0331 e. The summed E-state index contributed by atoms with van der Waals surface area (Å²) in [6, 6.07) is 3.10. The molecule has 90 valence electrons. The summed E-state index contributed by atoms with van der Waals surface area (Å²) in [5.41, 5.74) is 0. The molecule has 2 rings (SSSR count). The molecule has 0 amide bonds. The highest BCUT2D eigenvalue weighted by atomic mass is 79.9. The smallest absolute Gasteiger partial charge is 0.0331 e. The average molecular weight is 302 g/mol. The minimum atomic E-state index is 0.833. The van der Waals surface area contributed by atoms with Gasteiger partial charge in [-0.3, -0.25) is 4.90 Å². The molecule has 1 fully saturated rings. The van der Waals surface area contributed by atoms with Gasteiger partial charge in [-0.05, 0) is 47.8 Å². The molecule has 0 N–H and O–H groups in total. The standard InChI is InChI=1S/C13H20BrNS/c1-2-5-12-6-3-4-7-15(12)9-13-8-11(14)10-16-13/h8,10,12H,2-7,9H2,1H3. The van der Waals surface area contributed by atoms with Crippen LogP contribution in [-0.4, -0.2) is 17.5 Å². The highest BCUT2D eigenvalue weighted by Gasteiger charge is 2.21. The fourth-order valence-corrected chi connectivity index (χ4v) is 4.04. The van der Waals surface area contributed by atoms with E-state index in [1.807, 2.05) is 11.3 Å². The van der Waals surface area contributed by atoms with E-state index in [-0.39, 0.29) is 0 Å². The monoisotopic (exact) mass is 301 g/mol. The molecule has 1 atom stereocenters. The van der Waals surface area contributed by atoms with E-state index in [0.29, 0.717) is 0 Å². The van der Waals surface area contributed by atoms with Gasteiger partial charge in [-0.2, -0.15) is 0 Å². The average Bonchev–Trinajstić information content (AvgIpc) is 2.67. The molecule has 0 aliphatic carbocycles. The lowest BCUT2D eigenvalue weighted by Gasteiger charge is -2.35. The lowest BCUT2D eigenvalue weighted by Crippen LogP contribution is -2.38. The van der Waals surface area contributed by atoms with Crippen molar-refractivity contribution in [1.82, 2.24) is 4.90 Å². The molecule has 1 aromatic heterocycles. The van der Waals surface area contributed by atoms with Crippen molar-refractivity contribution >= 4 is 27.3 Å². The Hall–Kier alpha value is 0.140. The van der Waals surface area contributed by atoms with Crippen LogP contribution < -0.4 is 0 Å². The summed E-state index contributed by atoms with van der Waals surface area (Å²) < 4.78 is 1.23. The Bertz CT molecular complexity index is 321. The second-order valence-electron chi connectivity index (χ2n) is 4.64. The van der Waals surface area contributed by atoms with Crippen LogP contribution in [0.1, 0.15) is 43.9 Å². The SMILES string of the molecule is CCCC1CCCCN1Cc1cc(Br)cs1. The molecule has 0 saturated carbocycles. The number of rotatable bonds is 4. The lowest BCUT2D eigenvalue weighted by atomic mass is 9.98. The van der Waals surface area contributed by atoms with Crippen LogP contribution in [-0.2, 0) is 6.54 Å². The summed E-state index contributed by atoms with van der Waals surface area (Å²) in [6.45, 7) is 4.75. The Kier molecular flexibility index (Phi) is 4.86. The Balaban J connectivity index is 1.95. The van der Waals surface area contributed by atoms with Crippen molar-refractivity contribution in [1.29, 1.82) is 0 Å². The Morgan fingerprint density at radius 1 is 1.50 bits per heavy atom. The number of piperidine rings is 1. The highest BCUT2D eigenvalue weighted by Crippen LogP contribution is 2.26. The largest absolute Gasteiger partial charge is 0.295 e. The van der Waals surface area contributed by atoms with E-state index in [4.69, 9.17) is 0 Å². The molecule has 0 bridgehead atoms. The second kappa shape index (κ2) is 6.18. The summed E-state index contributed by atoms with van der Waals surface area (Å²) in [6.07, 6.45) is 6.89. The van der Waals surface area contributed by atoms with Gasteiger partial charge in [0.1, 0.15) is 0 Å². The molecule has 1 aliphatic heterocycles. The van der Waals surface area contributed by atoms with Crippen LogP contribution in [0.25, 0.3) is 0 Å². The zero-order chi connectivity index (χ0) is 11.4. The first-order valence-electron chi connectivity index (χ1n) is 6.26. The molecule has 16 heavy (non-hydrogen) atoms. The van der Waals surface area contributed by atoms with E-state index < -0.39 is 0 Å². The zero-order valence-electron chi connectivity index (χ0n) is 9.92. The molecule has 1 aromatic rings. The number of nitrogens with zero attached hydrogens (tertiary/aromatic N) is 1. The summed E-state index contributed by atoms with van der Waals surface area (Å²) in [5.74, 6) is 0. The van der Waals surface area contributed by atoms with Crippen LogP contribution in [0.3, 0.4) is 0 Å². The predicted octanol–water partition coefficient (Wildman–Crippen LogP) is 4.67. The van der Waals surface area contributed by atoms with Crippen LogP contribution >= 0.6 is 27.3 Å². The molecule has 0 radical (unpaired) electrons. The first-order chi connectivity index (χ1) is 7.79.